The molecule has 0 aliphatic rings. The summed E-state index contributed by atoms with van der Waals surface area (Å²) in [6.45, 7) is 3.21. The molecular weight excluding hydrogens is 268 g/mol. The third-order valence-corrected chi connectivity index (χ3v) is 3.67. The van der Waals surface area contributed by atoms with Crippen LogP contribution in [0, 0.1) is 0 Å². The summed E-state index contributed by atoms with van der Waals surface area (Å²) in [6, 6.07) is 13.0. The summed E-state index contributed by atoms with van der Waals surface area (Å²) in [5.74, 6) is 0. The van der Waals surface area contributed by atoms with Crippen LogP contribution in [0.4, 0.5) is 0 Å². The Morgan fingerprint density at radius 1 is 1.15 bits per heavy atom. The zero-order valence-corrected chi connectivity index (χ0v) is 12.6. The number of halogens is 1. The highest BCUT2D eigenvalue weighted by Gasteiger charge is 2.11. The summed E-state index contributed by atoms with van der Waals surface area (Å²) in [7, 11) is 0. The predicted molar refractivity (Wildman–Crippen MR) is 85.2 cm³/mol. The van der Waals surface area contributed by atoms with Crippen molar-refractivity contribution in [1.29, 1.82) is 0 Å². The minimum absolute atomic E-state index is 0.400. The van der Waals surface area contributed by atoms with Crippen LogP contribution in [0.3, 0.4) is 0 Å². The lowest BCUT2D eigenvalue weighted by molar-refractivity contribution is 0.504. The van der Waals surface area contributed by atoms with Gasteiger partial charge in [0.2, 0.25) is 0 Å². The first kappa shape index (κ1) is 15.0. The van der Waals surface area contributed by atoms with Gasteiger partial charge in [-0.1, -0.05) is 48.9 Å². The molecule has 0 fully saturated rings. The fourth-order valence-electron chi connectivity index (χ4n) is 2.30. The van der Waals surface area contributed by atoms with E-state index >= 15 is 0 Å². The Hall–Kier alpha value is -1.38. The van der Waals surface area contributed by atoms with E-state index < -0.39 is 0 Å². The molecule has 1 atom stereocenters. The summed E-state index contributed by atoms with van der Waals surface area (Å²) >= 11 is 6.22. The lowest BCUT2D eigenvalue weighted by Gasteiger charge is -2.19. The maximum Gasteiger partial charge on any atom is 0.0621 e. The van der Waals surface area contributed by atoms with E-state index in [1.807, 2.05) is 6.07 Å². The maximum absolute atomic E-state index is 6.22. The fraction of sp³-hybridized carbons (Fsp3) is 0.353. The van der Waals surface area contributed by atoms with Gasteiger partial charge < -0.3 is 5.32 Å². The molecule has 0 aliphatic carbocycles. The van der Waals surface area contributed by atoms with E-state index in [0.717, 1.165) is 36.4 Å². The molecule has 0 radical (unpaired) electrons. The highest BCUT2D eigenvalue weighted by molar-refractivity contribution is 6.31. The molecule has 1 unspecified atom stereocenters. The second kappa shape index (κ2) is 8.03. The first-order valence-corrected chi connectivity index (χ1v) is 7.53. The highest BCUT2D eigenvalue weighted by Crippen LogP contribution is 2.17. The van der Waals surface area contributed by atoms with E-state index in [-0.39, 0.29) is 0 Å². The maximum atomic E-state index is 6.22. The average Bonchev–Trinajstić information content (AvgIpc) is 2.48. The molecule has 0 amide bonds. The van der Waals surface area contributed by atoms with Crippen LogP contribution in [0.1, 0.15) is 24.5 Å². The summed E-state index contributed by atoms with van der Waals surface area (Å²) in [4.78, 5) is 4.05. The average molecular weight is 289 g/mol. The van der Waals surface area contributed by atoms with E-state index in [0.29, 0.717) is 6.04 Å². The Balaban J connectivity index is 2.05. The molecule has 0 spiro atoms. The third-order valence-electron chi connectivity index (χ3n) is 3.33. The van der Waals surface area contributed by atoms with Gasteiger partial charge in [0.15, 0.2) is 0 Å². The highest BCUT2D eigenvalue weighted by atomic mass is 35.5. The van der Waals surface area contributed by atoms with E-state index in [1.54, 1.807) is 12.4 Å². The van der Waals surface area contributed by atoms with E-state index in [9.17, 15) is 0 Å². The first-order chi connectivity index (χ1) is 9.79. The number of nitrogens with one attached hydrogen (secondary N) is 1. The molecule has 3 heteroatoms. The van der Waals surface area contributed by atoms with Crippen molar-refractivity contribution >= 4 is 11.6 Å². The van der Waals surface area contributed by atoms with Crippen LogP contribution in [0.15, 0.2) is 48.8 Å². The van der Waals surface area contributed by atoms with Crippen LogP contribution >= 0.6 is 11.6 Å². The van der Waals surface area contributed by atoms with Crippen molar-refractivity contribution in [3.8, 4) is 0 Å². The van der Waals surface area contributed by atoms with Gasteiger partial charge in [-0.25, -0.2) is 0 Å². The lowest BCUT2D eigenvalue weighted by Crippen LogP contribution is -2.33. The number of hydrogen-bond acceptors (Lipinski definition) is 2. The van der Waals surface area contributed by atoms with Crippen LogP contribution in [0.5, 0.6) is 0 Å². The number of pyridine rings is 1. The molecule has 1 aromatic heterocycles. The largest absolute Gasteiger partial charge is 0.313 e. The predicted octanol–water partition coefficient (Wildman–Crippen LogP) is 3.89. The molecule has 1 N–H and O–H groups in total. The van der Waals surface area contributed by atoms with Crippen LogP contribution in [0.25, 0.3) is 0 Å². The monoisotopic (exact) mass is 288 g/mol. The Labute approximate surface area is 126 Å². The van der Waals surface area contributed by atoms with Crippen LogP contribution < -0.4 is 5.32 Å². The number of rotatable bonds is 7. The molecule has 0 bridgehead atoms. The van der Waals surface area contributed by atoms with Gasteiger partial charge in [0, 0.05) is 18.4 Å². The quantitative estimate of drug-likeness (QED) is 0.836. The normalized spacial score (nSPS) is 12.3. The zero-order chi connectivity index (χ0) is 14.2. The van der Waals surface area contributed by atoms with E-state index in [2.05, 4.69) is 47.6 Å². The number of aromatic nitrogens is 1. The van der Waals surface area contributed by atoms with Crippen molar-refractivity contribution < 1.29 is 0 Å². The SMILES string of the molecule is CCCNC(Cc1ccccc1)Cc1ccncc1Cl. The smallest absolute Gasteiger partial charge is 0.0621 e. The fourth-order valence-corrected chi connectivity index (χ4v) is 2.50. The molecule has 1 aromatic carbocycles. The van der Waals surface area contributed by atoms with Crippen LogP contribution in [-0.4, -0.2) is 17.6 Å². The molecule has 2 rings (SSSR count). The van der Waals surface area contributed by atoms with Crippen molar-refractivity contribution in [1.82, 2.24) is 10.3 Å². The number of benzene rings is 1. The second-order valence-corrected chi connectivity index (χ2v) is 5.42. The number of hydrogen-bond donors (Lipinski definition) is 1. The Kier molecular flexibility index (Phi) is 6.03. The Morgan fingerprint density at radius 2 is 1.95 bits per heavy atom. The van der Waals surface area contributed by atoms with Gasteiger partial charge in [-0.05, 0) is 43.0 Å². The van der Waals surface area contributed by atoms with Gasteiger partial charge in [-0.15, -0.1) is 0 Å². The third kappa shape index (κ3) is 4.62. The molecule has 2 nitrogen and oxygen atoms in total. The Bertz CT molecular complexity index is 513. The summed E-state index contributed by atoms with van der Waals surface area (Å²) in [5, 5.41) is 4.37. The van der Waals surface area contributed by atoms with Crippen molar-refractivity contribution in [2.75, 3.05) is 6.54 Å². The molecule has 20 heavy (non-hydrogen) atoms. The first-order valence-electron chi connectivity index (χ1n) is 7.15. The molecule has 0 aliphatic heterocycles. The molecule has 0 saturated carbocycles. The molecular formula is C17H21ClN2. The number of nitrogens with zero attached hydrogens (tertiary/aromatic N) is 1. The van der Waals surface area contributed by atoms with Crippen molar-refractivity contribution in [3.63, 3.8) is 0 Å². The molecule has 0 saturated heterocycles. The van der Waals surface area contributed by atoms with E-state index in [4.69, 9.17) is 11.6 Å². The molecule has 2 aromatic rings. The molecule has 106 valence electrons. The van der Waals surface area contributed by atoms with Crippen molar-refractivity contribution in [3.05, 3.63) is 64.9 Å². The zero-order valence-electron chi connectivity index (χ0n) is 11.8. The topological polar surface area (TPSA) is 24.9 Å². The summed E-state index contributed by atoms with van der Waals surface area (Å²) < 4.78 is 0. The summed E-state index contributed by atoms with van der Waals surface area (Å²) in [5.41, 5.74) is 2.51. The second-order valence-electron chi connectivity index (χ2n) is 5.01. The van der Waals surface area contributed by atoms with Crippen molar-refractivity contribution in [2.24, 2.45) is 0 Å². The Morgan fingerprint density at radius 3 is 2.65 bits per heavy atom. The minimum Gasteiger partial charge on any atom is -0.313 e. The minimum atomic E-state index is 0.400. The van der Waals surface area contributed by atoms with Crippen molar-refractivity contribution in [2.45, 2.75) is 32.2 Å². The van der Waals surface area contributed by atoms with Gasteiger partial charge in [0.05, 0.1) is 5.02 Å². The van der Waals surface area contributed by atoms with Crippen LogP contribution in [0.2, 0.25) is 5.02 Å². The van der Waals surface area contributed by atoms with Gasteiger partial charge in [0.25, 0.3) is 0 Å². The van der Waals surface area contributed by atoms with E-state index in [1.165, 1.54) is 5.56 Å². The van der Waals surface area contributed by atoms with Crippen LogP contribution in [-0.2, 0) is 12.8 Å². The molecule has 1 heterocycles. The van der Waals surface area contributed by atoms with Gasteiger partial charge in [0.1, 0.15) is 0 Å². The van der Waals surface area contributed by atoms with Gasteiger partial charge in [-0.2, -0.15) is 0 Å². The van der Waals surface area contributed by atoms with Gasteiger partial charge in [-0.3, -0.25) is 4.98 Å². The lowest BCUT2D eigenvalue weighted by atomic mass is 9.99. The summed E-state index contributed by atoms with van der Waals surface area (Å²) in [6.07, 6.45) is 6.60. The standard InChI is InChI=1S/C17H21ClN2/c1-2-9-20-16(11-14-6-4-3-5-7-14)12-15-8-10-19-13-17(15)18/h3-8,10,13,16,20H,2,9,11-12H2,1H3. The van der Waals surface area contributed by atoms with Gasteiger partial charge >= 0.3 is 0 Å².